The number of nitrogens with zero attached hydrogens (tertiary/aromatic N) is 3. The number of ether oxygens (including phenoxy) is 2. The van der Waals surface area contributed by atoms with E-state index in [4.69, 9.17) is 20.8 Å². The molecule has 0 saturated heterocycles. The van der Waals surface area contributed by atoms with Crippen LogP contribution in [0.4, 0.5) is 8.78 Å². The average molecular weight is 450 g/mol. The second-order valence-electron chi connectivity index (χ2n) is 6.89. The number of para-hydroxylation sites is 1. The predicted octanol–water partition coefficient (Wildman–Crippen LogP) is 4.80. The molecule has 1 heterocycles. The molecule has 1 saturated carbocycles. The Kier molecular flexibility index (Phi) is 6.03. The van der Waals surface area contributed by atoms with Gasteiger partial charge in [0, 0.05) is 16.6 Å². The van der Waals surface area contributed by atoms with Crippen molar-refractivity contribution in [2.45, 2.75) is 32.0 Å². The van der Waals surface area contributed by atoms with Crippen LogP contribution < -0.4 is 9.47 Å². The number of amides is 1. The van der Waals surface area contributed by atoms with Crippen molar-refractivity contribution in [3.8, 4) is 23.0 Å². The minimum Gasteiger partial charge on any atom is -0.493 e. The van der Waals surface area contributed by atoms with E-state index < -0.39 is 12.5 Å². The van der Waals surface area contributed by atoms with Crippen LogP contribution >= 0.6 is 11.6 Å². The van der Waals surface area contributed by atoms with Crippen LogP contribution in [0.3, 0.4) is 0 Å². The third-order valence-corrected chi connectivity index (χ3v) is 5.00. The second kappa shape index (κ2) is 8.89. The van der Waals surface area contributed by atoms with Crippen molar-refractivity contribution in [2.75, 3.05) is 7.11 Å². The Balaban J connectivity index is 1.59. The van der Waals surface area contributed by atoms with E-state index in [9.17, 15) is 13.6 Å². The zero-order valence-electron chi connectivity index (χ0n) is 16.4. The molecule has 4 rings (SSSR count). The largest absolute Gasteiger partial charge is 0.493 e. The summed E-state index contributed by atoms with van der Waals surface area (Å²) in [6.07, 6.45) is 1.58. The summed E-state index contributed by atoms with van der Waals surface area (Å²) in [6, 6.07) is 11.3. The number of rotatable bonds is 8. The normalized spacial score (nSPS) is 13.3. The van der Waals surface area contributed by atoms with E-state index in [2.05, 4.69) is 14.9 Å². The molecule has 0 spiro atoms. The highest BCUT2D eigenvalue weighted by Gasteiger charge is 2.36. The molecule has 3 aromatic rings. The number of hydrogen-bond acceptors (Lipinski definition) is 6. The Morgan fingerprint density at radius 3 is 2.61 bits per heavy atom. The SMILES string of the molecule is COc1cccc(C(=O)N(Cc2nnc(-c3ccc(Cl)cc3)o2)C2CC2)c1OC(F)F. The van der Waals surface area contributed by atoms with Gasteiger partial charge in [-0.3, -0.25) is 4.79 Å². The molecule has 2 aromatic carbocycles. The molecular formula is C21H18ClF2N3O4. The van der Waals surface area contributed by atoms with Crippen molar-refractivity contribution in [3.63, 3.8) is 0 Å². The third-order valence-electron chi connectivity index (χ3n) is 4.75. The summed E-state index contributed by atoms with van der Waals surface area (Å²) in [7, 11) is 1.32. The monoisotopic (exact) mass is 449 g/mol. The van der Waals surface area contributed by atoms with Gasteiger partial charge in [-0.15, -0.1) is 10.2 Å². The Morgan fingerprint density at radius 1 is 1.23 bits per heavy atom. The van der Waals surface area contributed by atoms with E-state index in [-0.39, 0.29) is 41.4 Å². The molecule has 1 amide bonds. The lowest BCUT2D eigenvalue weighted by molar-refractivity contribution is -0.0516. The maximum Gasteiger partial charge on any atom is 0.387 e. The van der Waals surface area contributed by atoms with Gasteiger partial charge in [0.1, 0.15) is 0 Å². The Labute approximate surface area is 181 Å². The van der Waals surface area contributed by atoms with Crippen LogP contribution in [0.25, 0.3) is 11.5 Å². The minimum absolute atomic E-state index is 0.0241. The fourth-order valence-corrected chi connectivity index (χ4v) is 3.26. The van der Waals surface area contributed by atoms with Gasteiger partial charge < -0.3 is 18.8 Å². The average Bonchev–Trinajstić information content (AvgIpc) is 3.49. The molecule has 162 valence electrons. The van der Waals surface area contributed by atoms with Gasteiger partial charge in [0.2, 0.25) is 11.8 Å². The van der Waals surface area contributed by atoms with E-state index in [0.717, 1.165) is 12.8 Å². The topological polar surface area (TPSA) is 77.7 Å². The first kappa shape index (κ1) is 21.0. The molecule has 7 nitrogen and oxygen atoms in total. The van der Waals surface area contributed by atoms with Gasteiger partial charge in [0.05, 0.1) is 19.2 Å². The molecule has 1 aliphatic rings. The molecule has 0 bridgehead atoms. The lowest BCUT2D eigenvalue weighted by Crippen LogP contribution is -2.33. The van der Waals surface area contributed by atoms with Crippen LogP contribution in [0.2, 0.25) is 5.02 Å². The lowest BCUT2D eigenvalue weighted by atomic mass is 10.1. The van der Waals surface area contributed by atoms with Gasteiger partial charge in [0.25, 0.3) is 5.91 Å². The van der Waals surface area contributed by atoms with Gasteiger partial charge in [0.15, 0.2) is 11.5 Å². The van der Waals surface area contributed by atoms with Gasteiger partial charge in [-0.05, 0) is 49.2 Å². The molecule has 1 aromatic heterocycles. The van der Waals surface area contributed by atoms with Gasteiger partial charge >= 0.3 is 6.61 Å². The first-order valence-electron chi connectivity index (χ1n) is 9.47. The highest BCUT2D eigenvalue weighted by Crippen LogP contribution is 2.36. The number of alkyl halides is 2. The van der Waals surface area contributed by atoms with Crippen LogP contribution in [0.1, 0.15) is 29.1 Å². The Morgan fingerprint density at radius 2 is 1.97 bits per heavy atom. The summed E-state index contributed by atoms with van der Waals surface area (Å²) in [5.74, 6) is -0.224. The fourth-order valence-electron chi connectivity index (χ4n) is 3.14. The summed E-state index contributed by atoms with van der Waals surface area (Å²) in [5, 5.41) is 8.63. The van der Waals surface area contributed by atoms with E-state index in [1.165, 1.54) is 24.1 Å². The molecule has 10 heteroatoms. The van der Waals surface area contributed by atoms with Crippen LogP contribution in [0.15, 0.2) is 46.9 Å². The van der Waals surface area contributed by atoms with Crippen LogP contribution in [0, 0.1) is 0 Å². The first-order chi connectivity index (χ1) is 15.0. The molecular weight excluding hydrogens is 432 g/mol. The summed E-state index contributed by atoms with van der Waals surface area (Å²) in [5.41, 5.74) is 0.664. The smallest absolute Gasteiger partial charge is 0.387 e. The minimum atomic E-state index is -3.10. The molecule has 1 aliphatic carbocycles. The number of methoxy groups -OCH3 is 1. The number of aromatic nitrogens is 2. The zero-order chi connectivity index (χ0) is 22.0. The highest BCUT2D eigenvalue weighted by atomic mass is 35.5. The first-order valence-corrected chi connectivity index (χ1v) is 9.85. The Hall–Kier alpha value is -3.20. The van der Waals surface area contributed by atoms with E-state index in [0.29, 0.717) is 10.6 Å². The molecule has 0 N–H and O–H groups in total. The van der Waals surface area contributed by atoms with Crippen molar-refractivity contribution in [1.29, 1.82) is 0 Å². The lowest BCUT2D eigenvalue weighted by Gasteiger charge is -2.22. The van der Waals surface area contributed by atoms with Gasteiger partial charge in [-0.25, -0.2) is 0 Å². The molecule has 0 unspecified atom stereocenters. The quantitative estimate of drug-likeness (QED) is 0.491. The number of hydrogen-bond donors (Lipinski definition) is 0. The summed E-state index contributed by atoms with van der Waals surface area (Å²) >= 11 is 5.90. The van der Waals surface area contributed by atoms with Crippen LogP contribution in [-0.4, -0.2) is 40.8 Å². The zero-order valence-corrected chi connectivity index (χ0v) is 17.2. The standard InChI is InChI=1S/C21H18ClF2N3O4/c1-29-16-4-2-3-15(18(16)31-21(23)24)20(28)27(14-9-10-14)11-17-25-26-19(30-17)12-5-7-13(22)8-6-12/h2-8,14,21H,9-11H2,1H3. The predicted molar refractivity (Wildman–Crippen MR) is 107 cm³/mol. The molecule has 0 aliphatic heterocycles. The summed E-state index contributed by atoms with van der Waals surface area (Å²) in [6.45, 7) is -3.06. The second-order valence-corrected chi connectivity index (χ2v) is 7.32. The summed E-state index contributed by atoms with van der Waals surface area (Å²) < 4.78 is 41.3. The van der Waals surface area contributed by atoms with E-state index >= 15 is 0 Å². The maximum absolute atomic E-state index is 13.3. The van der Waals surface area contributed by atoms with Crippen LogP contribution in [-0.2, 0) is 6.54 Å². The van der Waals surface area contributed by atoms with Crippen molar-refractivity contribution in [1.82, 2.24) is 15.1 Å². The molecule has 0 radical (unpaired) electrons. The number of halogens is 3. The number of carbonyl (C=O) groups excluding carboxylic acids is 1. The summed E-state index contributed by atoms with van der Waals surface area (Å²) in [4.78, 5) is 14.8. The van der Waals surface area contributed by atoms with E-state index in [1.54, 1.807) is 30.3 Å². The molecule has 1 fully saturated rings. The van der Waals surface area contributed by atoms with Crippen molar-refractivity contribution in [3.05, 3.63) is 58.9 Å². The van der Waals surface area contributed by atoms with E-state index in [1.807, 2.05) is 0 Å². The molecule has 0 atom stereocenters. The molecule has 31 heavy (non-hydrogen) atoms. The van der Waals surface area contributed by atoms with Gasteiger partial charge in [-0.1, -0.05) is 17.7 Å². The van der Waals surface area contributed by atoms with Crippen molar-refractivity contribution >= 4 is 17.5 Å². The maximum atomic E-state index is 13.3. The number of benzene rings is 2. The number of carbonyl (C=O) groups is 1. The third kappa shape index (κ3) is 4.77. The van der Waals surface area contributed by atoms with Crippen molar-refractivity contribution in [2.24, 2.45) is 0 Å². The highest BCUT2D eigenvalue weighted by molar-refractivity contribution is 6.30. The van der Waals surface area contributed by atoms with Gasteiger partial charge in [-0.2, -0.15) is 8.78 Å². The van der Waals surface area contributed by atoms with Crippen molar-refractivity contribution < 1.29 is 27.5 Å². The Bertz CT molecular complexity index is 1070. The fraction of sp³-hybridized carbons (Fsp3) is 0.286. The van der Waals surface area contributed by atoms with Crippen LogP contribution in [0.5, 0.6) is 11.5 Å².